The van der Waals surface area contributed by atoms with Crippen molar-refractivity contribution in [2.24, 2.45) is 0 Å². The maximum absolute atomic E-state index is 12.2. The SMILES string of the molecule is CCOC(=O)C1[C@@H](c2ccccc2)C[C@@H](C)OS1(=O)=O. The number of rotatable bonds is 3. The van der Waals surface area contributed by atoms with E-state index in [-0.39, 0.29) is 6.61 Å². The van der Waals surface area contributed by atoms with E-state index in [1.54, 1.807) is 13.8 Å². The quantitative estimate of drug-likeness (QED) is 0.629. The zero-order chi connectivity index (χ0) is 14.8. The molecule has 5 nitrogen and oxygen atoms in total. The molecule has 0 aromatic heterocycles. The summed E-state index contributed by atoms with van der Waals surface area (Å²) in [6, 6.07) is 9.14. The lowest BCUT2D eigenvalue weighted by atomic mass is 9.90. The van der Waals surface area contributed by atoms with Crippen LogP contribution >= 0.6 is 0 Å². The predicted molar refractivity (Wildman–Crippen MR) is 73.7 cm³/mol. The number of hydrogen-bond acceptors (Lipinski definition) is 5. The molecule has 0 N–H and O–H groups in total. The molecule has 1 aliphatic rings. The van der Waals surface area contributed by atoms with Gasteiger partial charge in [0.05, 0.1) is 12.7 Å². The number of ether oxygens (including phenoxy) is 1. The molecule has 1 aliphatic heterocycles. The Balaban J connectivity index is 2.42. The fourth-order valence-electron chi connectivity index (χ4n) is 2.53. The Bertz CT molecular complexity index is 566. The van der Waals surface area contributed by atoms with Crippen LogP contribution in [0.1, 0.15) is 31.7 Å². The van der Waals surface area contributed by atoms with E-state index in [2.05, 4.69) is 0 Å². The lowest BCUT2D eigenvalue weighted by Gasteiger charge is -2.33. The molecule has 1 fully saturated rings. The summed E-state index contributed by atoms with van der Waals surface area (Å²) in [5, 5.41) is -1.29. The highest BCUT2D eigenvalue weighted by Gasteiger charge is 2.47. The van der Waals surface area contributed by atoms with Gasteiger partial charge in [-0.2, -0.15) is 8.42 Å². The van der Waals surface area contributed by atoms with E-state index >= 15 is 0 Å². The van der Waals surface area contributed by atoms with Gasteiger partial charge >= 0.3 is 5.97 Å². The Morgan fingerprint density at radius 3 is 2.60 bits per heavy atom. The fraction of sp³-hybridized carbons (Fsp3) is 0.500. The molecule has 1 aromatic carbocycles. The minimum absolute atomic E-state index is 0.141. The van der Waals surface area contributed by atoms with E-state index in [4.69, 9.17) is 8.92 Å². The van der Waals surface area contributed by atoms with Gasteiger partial charge in [-0.3, -0.25) is 8.98 Å². The molecule has 6 heteroatoms. The van der Waals surface area contributed by atoms with Gasteiger partial charge in [0, 0.05) is 5.92 Å². The number of carbonyl (C=O) groups excluding carboxylic acids is 1. The molecule has 1 heterocycles. The van der Waals surface area contributed by atoms with Gasteiger partial charge in [0.15, 0.2) is 5.25 Å². The van der Waals surface area contributed by atoms with Crippen LogP contribution in [-0.4, -0.2) is 32.3 Å². The van der Waals surface area contributed by atoms with Crippen LogP contribution in [-0.2, 0) is 23.8 Å². The summed E-state index contributed by atoms with van der Waals surface area (Å²) in [5.74, 6) is -1.18. The van der Waals surface area contributed by atoms with Gasteiger partial charge in [0.2, 0.25) is 0 Å². The van der Waals surface area contributed by atoms with Crippen LogP contribution < -0.4 is 0 Å². The Labute approximate surface area is 119 Å². The van der Waals surface area contributed by atoms with Crippen LogP contribution in [0, 0.1) is 0 Å². The first kappa shape index (κ1) is 15.0. The third kappa shape index (κ3) is 3.02. The van der Waals surface area contributed by atoms with Crippen molar-refractivity contribution in [3.05, 3.63) is 35.9 Å². The fourth-order valence-corrected chi connectivity index (χ4v) is 4.16. The van der Waals surface area contributed by atoms with Gasteiger partial charge in [-0.1, -0.05) is 30.3 Å². The van der Waals surface area contributed by atoms with Gasteiger partial charge in [-0.05, 0) is 25.8 Å². The highest BCUT2D eigenvalue weighted by molar-refractivity contribution is 7.88. The average molecular weight is 298 g/mol. The van der Waals surface area contributed by atoms with Crippen LogP contribution in [0.5, 0.6) is 0 Å². The second-order valence-electron chi connectivity index (χ2n) is 4.83. The highest BCUT2D eigenvalue weighted by Crippen LogP contribution is 2.36. The van der Waals surface area contributed by atoms with Crippen LogP contribution in [0.3, 0.4) is 0 Å². The summed E-state index contributed by atoms with van der Waals surface area (Å²) in [4.78, 5) is 12.0. The van der Waals surface area contributed by atoms with Crippen LogP contribution in [0.4, 0.5) is 0 Å². The molecule has 0 amide bonds. The van der Waals surface area contributed by atoms with Crippen molar-refractivity contribution in [1.29, 1.82) is 0 Å². The zero-order valence-corrected chi connectivity index (χ0v) is 12.3. The third-order valence-corrected chi connectivity index (χ3v) is 5.05. The minimum atomic E-state index is -3.97. The average Bonchev–Trinajstić information content (AvgIpc) is 2.37. The van der Waals surface area contributed by atoms with Crippen molar-refractivity contribution in [3.63, 3.8) is 0 Å². The van der Waals surface area contributed by atoms with Crippen LogP contribution in [0.15, 0.2) is 30.3 Å². The molecule has 0 aliphatic carbocycles. The lowest BCUT2D eigenvalue weighted by Crippen LogP contribution is -2.45. The zero-order valence-electron chi connectivity index (χ0n) is 11.5. The molecule has 1 saturated heterocycles. The predicted octanol–water partition coefficient (Wildman–Crippen LogP) is 1.84. The van der Waals surface area contributed by atoms with E-state index in [1.807, 2.05) is 30.3 Å². The Morgan fingerprint density at radius 2 is 2.00 bits per heavy atom. The maximum atomic E-state index is 12.2. The summed E-state index contributed by atoms with van der Waals surface area (Å²) in [7, 11) is -3.97. The number of carbonyl (C=O) groups is 1. The molecule has 110 valence electrons. The monoisotopic (exact) mass is 298 g/mol. The molecule has 3 atom stereocenters. The van der Waals surface area contributed by atoms with Gasteiger partial charge in [-0.15, -0.1) is 0 Å². The van der Waals surface area contributed by atoms with E-state index in [9.17, 15) is 13.2 Å². The van der Waals surface area contributed by atoms with Crippen molar-refractivity contribution in [2.75, 3.05) is 6.61 Å². The lowest BCUT2D eigenvalue weighted by molar-refractivity contribution is -0.143. The normalized spacial score (nSPS) is 28.8. The van der Waals surface area contributed by atoms with Gasteiger partial charge < -0.3 is 4.74 Å². The van der Waals surface area contributed by atoms with Crippen molar-refractivity contribution in [2.45, 2.75) is 37.5 Å². The molecule has 0 spiro atoms. The summed E-state index contributed by atoms with van der Waals surface area (Å²) >= 11 is 0. The van der Waals surface area contributed by atoms with Crippen molar-refractivity contribution >= 4 is 16.1 Å². The summed E-state index contributed by atoms with van der Waals surface area (Å²) in [6.07, 6.45) is 0.0167. The molecule has 1 unspecified atom stereocenters. The second kappa shape index (κ2) is 5.93. The first-order valence-electron chi connectivity index (χ1n) is 6.59. The molecule has 1 aromatic rings. The third-order valence-electron chi connectivity index (χ3n) is 3.31. The van der Waals surface area contributed by atoms with E-state index < -0.39 is 33.4 Å². The topological polar surface area (TPSA) is 69.7 Å². The number of benzene rings is 1. The van der Waals surface area contributed by atoms with Gasteiger partial charge in [0.1, 0.15) is 0 Å². The van der Waals surface area contributed by atoms with E-state index in [1.165, 1.54) is 0 Å². The molecule has 0 bridgehead atoms. The van der Waals surface area contributed by atoms with Crippen LogP contribution in [0.25, 0.3) is 0 Å². The van der Waals surface area contributed by atoms with Crippen LogP contribution in [0.2, 0.25) is 0 Å². The standard InChI is InChI=1S/C14H18O5S/c1-3-18-14(15)13-12(11-7-5-4-6-8-11)9-10(2)19-20(13,16)17/h4-8,10,12-13H,3,9H2,1-2H3/t10-,12-,13?/m1/s1. The molecule has 2 rings (SSSR count). The van der Waals surface area contributed by atoms with Gasteiger partial charge in [0.25, 0.3) is 10.1 Å². The highest BCUT2D eigenvalue weighted by atomic mass is 32.2. The Kier molecular flexibility index (Phi) is 4.45. The molecule has 20 heavy (non-hydrogen) atoms. The van der Waals surface area contributed by atoms with E-state index in [0.717, 1.165) is 5.56 Å². The first-order chi connectivity index (χ1) is 9.45. The van der Waals surface area contributed by atoms with Crippen molar-refractivity contribution < 1.29 is 22.1 Å². The smallest absolute Gasteiger partial charge is 0.327 e. The minimum Gasteiger partial charge on any atom is -0.465 e. The summed E-state index contributed by atoms with van der Waals surface area (Å²) in [5.41, 5.74) is 0.810. The molecular weight excluding hydrogens is 280 g/mol. The largest absolute Gasteiger partial charge is 0.465 e. The van der Waals surface area contributed by atoms with E-state index in [0.29, 0.717) is 6.42 Å². The Hall–Kier alpha value is -1.40. The Morgan fingerprint density at radius 1 is 1.35 bits per heavy atom. The maximum Gasteiger partial charge on any atom is 0.327 e. The summed E-state index contributed by atoms with van der Waals surface area (Å²) in [6.45, 7) is 3.48. The summed E-state index contributed by atoms with van der Waals surface area (Å²) < 4.78 is 34.2. The van der Waals surface area contributed by atoms with Crippen molar-refractivity contribution in [1.82, 2.24) is 0 Å². The van der Waals surface area contributed by atoms with Gasteiger partial charge in [-0.25, -0.2) is 0 Å². The second-order valence-corrected chi connectivity index (χ2v) is 6.51. The molecular formula is C14H18O5S. The van der Waals surface area contributed by atoms with Crippen molar-refractivity contribution in [3.8, 4) is 0 Å². The molecule has 0 radical (unpaired) electrons. The first-order valence-corrected chi connectivity index (χ1v) is 8.06. The number of hydrogen-bond donors (Lipinski definition) is 0. The number of esters is 1. The molecule has 0 saturated carbocycles.